The van der Waals surface area contributed by atoms with Gasteiger partial charge in [0, 0.05) is 18.8 Å². The molecule has 29 heavy (non-hydrogen) atoms. The van der Waals surface area contributed by atoms with E-state index >= 15 is 0 Å². The number of benzene rings is 2. The number of nitrogens with zero attached hydrogens (tertiary/aromatic N) is 1. The number of hydrogen-bond donors (Lipinski definition) is 1. The first kappa shape index (κ1) is 21.5. The zero-order chi connectivity index (χ0) is 21.2. The highest BCUT2D eigenvalue weighted by molar-refractivity contribution is 7.89. The monoisotopic (exact) mass is 418 g/mol. The molecule has 3 rings (SSSR count). The number of sulfonamides is 1. The molecule has 5 nitrogen and oxygen atoms in total. The number of hydrogen-bond acceptors (Lipinski definition) is 3. The van der Waals surface area contributed by atoms with Crippen LogP contribution in [0.25, 0.3) is 0 Å². The number of rotatable bonds is 4. The Bertz CT molecular complexity index is 1000. The molecule has 0 bridgehead atoms. The predicted octanol–water partition coefficient (Wildman–Crippen LogP) is 4.57. The zero-order valence-electron chi connectivity index (χ0n) is 17.1. The molecule has 1 amide bonds. The van der Waals surface area contributed by atoms with Gasteiger partial charge >= 0.3 is 0 Å². The van der Waals surface area contributed by atoms with Crippen molar-refractivity contribution in [2.75, 3.05) is 18.4 Å². The van der Waals surface area contributed by atoms with E-state index in [-0.39, 0.29) is 10.5 Å². The Hall–Kier alpha value is -2.25. The van der Waals surface area contributed by atoms with Crippen molar-refractivity contribution in [1.82, 2.24) is 4.31 Å². The van der Waals surface area contributed by atoms with E-state index in [9.17, 15) is 17.6 Å². The lowest BCUT2D eigenvalue weighted by atomic mass is 10.0. The van der Waals surface area contributed by atoms with Crippen molar-refractivity contribution < 1.29 is 17.6 Å². The van der Waals surface area contributed by atoms with Gasteiger partial charge in [-0.1, -0.05) is 30.5 Å². The number of halogens is 1. The van der Waals surface area contributed by atoms with Gasteiger partial charge in [0.2, 0.25) is 10.0 Å². The Kier molecular flexibility index (Phi) is 6.39. The maximum Gasteiger partial charge on any atom is 0.258 e. The van der Waals surface area contributed by atoms with Gasteiger partial charge in [-0.25, -0.2) is 12.8 Å². The zero-order valence-corrected chi connectivity index (χ0v) is 17.9. The standard InChI is InChI=1S/C22H27FN2O3S/c1-15-12-16(2)21(17(3)13-15)24-22(26)19-14-18(8-9-20(19)23)29(27,28)25-10-6-4-5-7-11-25/h8-9,12-14H,4-7,10-11H2,1-3H3,(H,24,26). The summed E-state index contributed by atoms with van der Waals surface area (Å²) in [5.41, 5.74) is 3.13. The molecule has 7 heteroatoms. The molecule has 0 radical (unpaired) electrons. The number of nitrogens with one attached hydrogen (secondary N) is 1. The fraction of sp³-hybridized carbons (Fsp3) is 0.409. The number of aryl methyl sites for hydroxylation is 3. The van der Waals surface area contributed by atoms with E-state index in [0.29, 0.717) is 18.8 Å². The molecule has 0 aromatic heterocycles. The van der Waals surface area contributed by atoms with Gasteiger partial charge in [-0.15, -0.1) is 0 Å². The molecule has 156 valence electrons. The van der Waals surface area contributed by atoms with Crippen molar-refractivity contribution in [2.45, 2.75) is 51.3 Å². The first-order valence-corrected chi connectivity index (χ1v) is 11.3. The van der Waals surface area contributed by atoms with Crippen molar-refractivity contribution >= 4 is 21.6 Å². The lowest BCUT2D eigenvalue weighted by Crippen LogP contribution is -2.32. The van der Waals surface area contributed by atoms with E-state index in [0.717, 1.165) is 54.5 Å². The van der Waals surface area contributed by atoms with Crippen molar-refractivity contribution in [3.05, 3.63) is 58.4 Å². The number of amides is 1. The highest BCUT2D eigenvalue weighted by atomic mass is 32.2. The van der Waals surface area contributed by atoms with E-state index < -0.39 is 21.7 Å². The van der Waals surface area contributed by atoms with Gasteiger partial charge in [-0.2, -0.15) is 4.31 Å². The molecule has 1 aliphatic rings. The number of carbonyl (C=O) groups is 1. The molecule has 0 atom stereocenters. The number of anilines is 1. The minimum Gasteiger partial charge on any atom is -0.321 e. The minimum absolute atomic E-state index is 0.0525. The molecule has 2 aromatic rings. The van der Waals surface area contributed by atoms with Crippen LogP contribution in [-0.4, -0.2) is 31.7 Å². The summed E-state index contributed by atoms with van der Waals surface area (Å²) in [6, 6.07) is 7.28. The molecule has 1 N–H and O–H groups in total. The highest BCUT2D eigenvalue weighted by Crippen LogP contribution is 2.25. The fourth-order valence-corrected chi connectivity index (χ4v) is 5.37. The van der Waals surface area contributed by atoms with Crippen molar-refractivity contribution in [1.29, 1.82) is 0 Å². The second-order valence-corrected chi connectivity index (χ2v) is 9.63. The van der Waals surface area contributed by atoms with Crippen LogP contribution in [0.5, 0.6) is 0 Å². The van der Waals surface area contributed by atoms with Crippen molar-refractivity contribution in [3.63, 3.8) is 0 Å². The Morgan fingerprint density at radius 1 is 0.966 bits per heavy atom. The maximum absolute atomic E-state index is 14.4. The van der Waals surface area contributed by atoms with Gasteiger partial charge in [-0.3, -0.25) is 4.79 Å². The van der Waals surface area contributed by atoms with Gasteiger partial charge in [-0.05, 0) is 62.9 Å². The Labute approximate surface area is 172 Å². The van der Waals surface area contributed by atoms with Gasteiger partial charge in [0.05, 0.1) is 10.5 Å². The van der Waals surface area contributed by atoms with E-state index in [1.54, 1.807) is 0 Å². The van der Waals surface area contributed by atoms with Crippen molar-refractivity contribution in [3.8, 4) is 0 Å². The molecular formula is C22H27FN2O3S. The molecule has 0 unspecified atom stereocenters. The van der Waals surface area contributed by atoms with Gasteiger partial charge in [0.15, 0.2) is 0 Å². The molecule has 1 fully saturated rings. The average Bonchev–Trinajstić information content (AvgIpc) is 2.94. The van der Waals surface area contributed by atoms with Crippen LogP contribution in [0, 0.1) is 26.6 Å². The summed E-state index contributed by atoms with van der Waals surface area (Å²) in [6.45, 7) is 6.59. The van der Waals surface area contributed by atoms with Crippen molar-refractivity contribution in [2.24, 2.45) is 0 Å². The largest absolute Gasteiger partial charge is 0.321 e. The summed E-state index contributed by atoms with van der Waals surface area (Å²) in [4.78, 5) is 12.7. The third kappa shape index (κ3) is 4.67. The molecule has 0 spiro atoms. The van der Waals surface area contributed by atoms with E-state index in [2.05, 4.69) is 5.32 Å². The van der Waals surface area contributed by atoms with Gasteiger partial charge in [0.1, 0.15) is 5.82 Å². The van der Waals surface area contributed by atoms with E-state index in [4.69, 9.17) is 0 Å². The van der Waals surface area contributed by atoms with Gasteiger partial charge < -0.3 is 5.32 Å². The maximum atomic E-state index is 14.4. The predicted molar refractivity (Wildman–Crippen MR) is 112 cm³/mol. The molecule has 2 aromatic carbocycles. The SMILES string of the molecule is Cc1cc(C)c(NC(=O)c2cc(S(=O)(=O)N3CCCCCC3)ccc2F)c(C)c1. The summed E-state index contributed by atoms with van der Waals surface area (Å²) in [7, 11) is -3.77. The fourth-order valence-electron chi connectivity index (χ4n) is 3.83. The first-order chi connectivity index (χ1) is 13.7. The summed E-state index contributed by atoms with van der Waals surface area (Å²) in [5, 5.41) is 2.74. The highest BCUT2D eigenvalue weighted by Gasteiger charge is 2.27. The lowest BCUT2D eigenvalue weighted by molar-refractivity contribution is 0.102. The third-order valence-electron chi connectivity index (χ3n) is 5.30. The molecule has 1 heterocycles. The van der Waals surface area contributed by atoms with Gasteiger partial charge in [0.25, 0.3) is 5.91 Å². The van der Waals surface area contributed by atoms with Crippen LogP contribution in [0.2, 0.25) is 0 Å². The smallest absolute Gasteiger partial charge is 0.258 e. The quantitative estimate of drug-likeness (QED) is 0.791. The van der Waals surface area contributed by atoms with Crippen LogP contribution in [0.4, 0.5) is 10.1 Å². The van der Waals surface area contributed by atoms with Crippen LogP contribution in [0.3, 0.4) is 0 Å². The lowest BCUT2D eigenvalue weighted by Gasteiger charge is -2.20. The summed E-state index contributed by atoms with van der Waals surface area (Å²) in [5.74, 6) is -1.41. The Morgan fingerprint density at radius 3 is 2.14 bits per heavy atom. The topological polar surface area (TPSA) is 66.5 Å². The summed E-state index contributed by atoms with van der Waals surface area (Å²) in [6.07, 6.45) is 3.61. The van der Waals surface area contributed by atoms with Crippen LogP contribution in [-0.2, 0) is 10.0 Å². The minimum atomic E-state index is -3.77. The number of carbonyl (C=O) groups excluding carboxylic acids is 1. The first-order valence-electron chi connectivity index (χ1n) is 9.89. The van der Waals surface area contributed by atoms with Crippen LogP contribution in [0.1, 0.15) is 52.7 Å². The van der Waals surface area contributed by atoms with Crippen LogP contribution >= 0.6 is 0 Å². The van der Waals surface area contributed by atoms with Crippen LogP contribution in [0.15, 0.2) is 35.2 Å². The normalized spacial score (nSPS) is 15.7. The summed E-state index contributed by atoms with van der Waals surface area (Å²) >= 11 is 0. The second kappa shape index (κ2) is 8.63. The second-order valence-electron chi connectivity index (χ2n) is 7.69. The molecular weight excluding hydrogens is 391 g/mol. The molecule has 1 saturated heterocycles. The average molecular weight is 419 g/mol. The Balaban J connectivity index is 1.92. The summed E-state index contributed by atoms with van der Waals surface area (Å²) < 4.78 is 41.9. The molecule has 0 aliphatic carbocycles. The Morgan fingerprint density at radius 2 is 1.55 bits per heavy atom. The molecule has 1 aliphatic heterocycles. The van der Waals surface area contributed by atoms with E-state index in [1.165, 1.54) is 10.4 Å². The molecule has 0 saturated carbocycles. The van der Waals surface area contributed by atoms with Crippen LogP contribution < -0.4 is 5.32 Å². The van der Waals surface area contributed by atoms with E-state index in [1.807, 2.05) is 32.9 Å². The third-order valence-corrected chi connectivity index (χ3v) is 7.20.